The predicted octanol–water partition coefficient (Wildman–Crippen LogP) is 3.98. The van der Waals surface area contributed by atoms with Crippen molar-refractivity contribution in [3.05, 3.63) is 24.3 Å². The fourth-order valence-electron chi connectivity index (χ4n) is 1.99. The summed E-state index contributed by atoms with van der Waals surface area (Å²) in [6.07, 6.45) is 5.47. The lowest BCUT2D eigenvalue weighted by Crippen LogP contribution is -2.11. The van der Waals surface area contributed by atoms with Crippen LogP contribution < -0.4 is 5.30 Å². The van der Waals surface area contributed by atoms with Gasteiger partial charge >= 0.3 is 0 Å². The number of aromatic hydroxyl groups is 1. The molecule has 0 aromatic heterocycles. The van der Waals surface area contributed by atoms with Crippen molar-refractivity contribution in [2.45, 2.75) is 39.5 Å². The Kier molecular flexibility index (Phi) is 5.77. The predicted molar refractivity (Wildman–Crippen MR) is 74.9 cm³/mol. The topological polar surface area (TPSA) is 37.3 Å². The van der Waals surface area contributed by atoms with E-state index in [4.69, 9.17) is 0 Å². The van der Waals surface area contributed by atoms with E-state index in [0.29, 0.717) is 5.30 Å². The van der Waals surface area contributed by atoms with Crippen LogP contribution in [0.3, 0.4) is 0 Å². The van der Waals surface area contributed by atoms with Gasteiger partial charge in [-0.3, -0.25) is 0 Å². The van der Waals surface area contributed by atoms with E-state index in [-0.39, 0.29) is 5.75 Å². The van der Waals surface area contributed by atoms with Gasteiger partial charge in [-0.25, -0.2) is 0 Å². The van der Waals surface area contributed by atoms with Crippen molar-refractivity contribution < 1.29 is 9.67 Å². The molecular formula is C14H23O2P. The smallest absolute Gasteiger partial charge is 0.126 e. The molecule has 0 aliphatic heterocycles. The molecule has 0 saturated heterocycles. The van der Waals surface area contributed by atoms with Gasteiger partial charge < -0.3 is 9.67 Å². The van der Waals surface area contributed by atoms with Crippen LogP contribution in [0.1, 0.15) is 39.5 Å². The van der Waals surface area contributed by atoms with Crippen LogP contribution in [-0.4, -0.2) is 17.4 Å². The number of phenols is 1. The molecule has 0 fully saturated rings. The summed E-state index contributed by atoms with van der Waals surface area (Å²) in [6.45, 7) is 4.21. The highest BCUT2D eigenvalue weighted by Gasteiger charge is 2.25. The lowest BCUT2D eigenvalue weighted by Gasteiger charge is -2.19. The normalized spacial score (nSPS) is 11.6. The zero-order valence-corrected chi connectivity index (χ0v) is 11.7. The number of hydrogen-bond acceptors (Lipinski definition) is 2. The van der Waals surface area contributed by atoms with E-state index in [9.17, 15) is 9.67 Å². The molecule has 0 heterocycles. The third-order valence-electron chi connectivity index (χ3n) is 3.07. The molecule has 96 valence electrons. The molecule has 0 aliphatic rings. The number of unbranched alkanes of at least 4 members (excludes halogenated alkanes) is 2. The van der Waals surface area contributed by atoms with Crippen LogP contribution in [0.15, 0.2) is 24.3 Å². The summed E-state index contributed by atoms with van der Waals surface area (Å²) in [4.78, 5) is 0. The molecule has 0 unspecified atom stereocenters. The SMILES string of the molecule is CCCCP(=O)(CCCC)c1ccccc1O. The molecule has 0 amide bonds. The molecule has 0 aliphatic carbocycles. The third-order valence-corrected chi connectivity index (χ3v) is 6.40. The zero-order chi connectivity index (χ0) is 12.7. The van der Waals surface area contributed by atoms with Gasteiger partial charge in [-0.15, -0.1) is 0 Å². The maximum atomic E-state index is 13.0. The molecule has 0 bridgehead atoms. The fraction of sp³-hybridized carbons (Fsp3) is 0.571. The number of hydrogen-bond donors (Lipinski definition) is 1. The van der Waals surface area contributed by atoms with Gasteiger partial charge in [-0.2, -0.15) is 0 Å². The van der Waals surface area contributed by atoms with Gasteiger partial charge in [0.25, 0.3) is 0 Å². The zero-order valence-electron chi connectivity index (χ0n) is 10.9. The minimum Gasteiger partial charge on any atom is -0.507 e. The van der Waals surface area contributed by atoms with E-state index in [2.05, 4.69) is 13.8 Å². The Hall–Kier alpha value is -0.750. The molecule has 2 nitrogen and oxygen atoms in total. The van der Waals surface area contributed by atoms with Crippen LogP contribution in [0, 0.1) is 0 Å². The lowest BCUT2D eigenvalue weighted by molar-refractivity contribution is 0.478. The molecule has 0 saturated carbocycles. The van der Waals surface area contributed by atoms with Crippen LogP contribution in [-0.2, 0) is 4.57 Å². The lowest BCUT2D eigenvalue weighted by atomic mass is 10.3. The summed E-state index contributed by atoms with van der Waals surface area (Å²) in [7, 11) is -2.39. The Morgan fingerprint density at radius 2 is 1.59 bits per heavy atom. The summed E-state index contributed by atoms with van der Waals surface area (Å²) < 4.78 is 13.0. The first kappa shape index (κ1) is 14.3. The first-order chi connectivity index (χ1) is 8.14. The van der Waals surface area contributed by atoms with Crippen molar-refractivity contribution in [1.29, 1.82) is 0 Å². The monoisotopic (exact) mass is 254 g/mol. The maximum Gasteiger partial charge on any atom is 0.126 e. The Morgan fingerprint density at radius 3 is 2.06 bits per heavy atom. The quantitative estimate of drug-likeness (QED) is 0.747. The number of rotatable bonds is 7. The summed E-state index contributed by atoms with van der Waals surface area (Å²) in [6, 6.07) is 7.10. The van der Waals surface area contributed by atoms with E-state index in [1.807, 2.05) is 12.1 Å². The van der Waals surface area contributed by atoms with Crippen LogP contribution >= 0.6 is 7.14 Å². The number of phenolic OH excluding ortho intramolecular Hbond substituents is 1. The maximum absolute atomic E-state index is 13.0. The van der Waals surface area contributed by atoms with Crippen LogP contribution in [0.5, 0.6) is 5.75 Å². The second-order valence-corrected chi connectivity index (χ2v) is 7.69. The molecule has 0 atom stereocenters. The standard InChI is InChI=1S/C14H23O2P/c1-3-5-11-17(16,12-6-4-2)14-10-8-7-9-13(14)15/h7-10,15H,3-6,11-12H2,1-2H3. The largest absolute Gasteiger partial charge is 0.507 e. The van der Waals surface area contributed by atoms with Crippen molar-refractivity contribution >= 4 is 12.4 Å². The summed E-state index contributed by atoms with van der Waals surface area (Å²) in [5, 5.41) is 10.6. The molecule has 1 aromatic carbocycles. The third kappa shape index (κ3) is 3.89. The van der Waals surface area contributed by atoms with E-state index < -0.39 is 7.14 Å². The van der Waals surface area contributed by atoms with Gasteiger partial charge in [0.15, 0.2) is 0 Å². The van der Waals surface area contributed by atoms with E-state index in [0.717, 1.165) is 38.0 Å². The Balaban J connectivity index is 2.97. The first-order valence-electron chi connectivity index (χ1n) is 6.50. The van der Waals surface area contributed by atoms with Crippen molar-refractivity contribution in [3.63, 3.8) is 0 Å². The Bertz CT molecular complexity index is 376. The summed E-state index contributed by atoms with van der Waals surface area (Å²) >= 11 is 0. The molecule has 0 radical (unpaired) electrons. The van der Waals surface area contributed by atoms with E-state index in [1.165, 1.54) is 0 Å². The minimum atomic E-state index is -2.39. The van der Waals surface area contributed by atoms with Gasteiger partial charge in [0.2, 0.25) is 0 Å². The average molecular weight is 254 g/mol. The Labute approximate surface area is 104 Å². The van der Waals surface area contributed by atoms with Crippen molar-refractivity contribution in [2.24, 2.45) is 0 Å². The highest BCUT2D eigenvalue weighted by Crippen LogP contribution is 2.48. The first-order valence-corrected chi connectivity index (χ1v) is 8.58. The summed E-state index contributed by atoms with van der Waals surface area (Å²) in [5.41, 5.74) is 0. The molecule has 1 rings (SSSR count). The van der Waals surface area contributed by atoms with Crippen molar-refractivity contribution in [3.8, 4) is 5.75 Å². The Morgan fingerprint density at radius 1 is 1.06 bits per heavy atom. The molecule has 17 heavy (non-hydrogen) atoms. The molecular weight excluding hydrogens is 231 g/mol. The number of para-hydroxylation sites is 1. The fourth-order valence-corrected chi connectivity index (χ4v) is 5.20. The molecule has 1 N–H and O–H groups in total. The summed E-state index contributed by atoms with van der Waals surface area (Å²) in [5.74, 6) is 0.197. The van der Waals surface area contributed by atoms with Gasteiger partial charge in [0.05, 0.1) is 5.30 Å². The van der Waals surface area contributed by atoms with Crippen molar-refractivity contribution in [1.82, 2.24) is 0 Å². The molecule has 3 heteroatoms. The second-order valence-electron chi connectivity index (χ2n) is 4.53. The highest BCUT2D eigenvalue weighted by atomic mass is 31.2. The van der Waals surface area contributed by atoms with Crippen LogP contribution in [0.25, 0.3) is 0 Å². The van der Waals surface area contributed by atoms with Gasteiger partial charge in [-0.1, -0.05) is 38.8 Å². The van der Waals surface area contributed by atoms with E-state index in [1.54, 1.807) is 12.1 Å². The van der Waals surface area contributed by atoms with Crippen molar-refractivity contribution in [2.75, 3.05) is 12.3 Å². The highest BCUT2D eigenvalue weighted by molar-refractivity contribution is 7.71. The van der Waals surface area contributed by atoms with Gasteiger partial charge in [0.1, 0.15) is 12.9 Å². The minimum absolute atomic E-state index is 0.197. The van der Waals surface area contributed by atoms with Crippen LogP contribution in [0.4, 0.5) is 0 Å². The van der Waals surface area contributed by atoms with Gasteiger partial charge in [0, 0.05) is 12.3 Å². The molecule has 1 aromatic rings. The second kappa shape index (κ2) is 6.86. The van der Waals surface area contributed by atoms with Gasteiger partial charge in [-0.05, 0) is 25.0 Å². The average Bonchev–Trinajstić information content (AvgIpc) is 2.34. The van der Waals surface area contributed by atoms with Crippen LogP contribution in [0.2, 0.25) is 0 Å². The number of benzene rings is 1. The van der Waals surface area contributed by atoms with E-state index >= 15 is 0 Å². The molecule has 0 spiro atoms.